The third-order valence-corrected chi connectivity index (χ3v) is 1.69. The normalized spacial score (nSPS) is 12.6. The van der Waals surface area contributed by atoms with Crippen LogP contribution < -0.4 is 10.5 Å². The lowest BCUT2D eigenvalue weighted by Crippen LogP contribution is -2.11. The summed E-state index contributed by atoms with van der Waals surface area (Å²) in [6.45, 7) is -0.548. The Morgan fingerprint density at radius 3 is 2.92 bits per heavy atom. The van der Waals surface area contributed by atoms with E-state index in [9.17, 15) is 4.39 Å². The molecular weight excluding hydrogens is 157 g/mol. The molecule has 0 aliphatic carbocycles. The molecule has 1 aromatic rings. The maximum Gasteiger partial charge on any atom is 0.119 e. The molecule has 1 rings (SSSR count). The Hall–Kier alpha value is -1.09. The molecule has 0 unspecified atom stereocenters. The Kier molecular flexibility index (Phi) is 3.05. The second-order valence-electron chi connectivity index (χ2n) is 2.54. The summed E-state index contributed by atoms with van der Waals surface area (Å²) in [6.07, 6.45) is 0. The third-order valence-electron chi connectivity index (χ3n) is 1.69. The van der Waals surface area contributed by atoms with E-state index in [2.05, 4.69) is 0 Å². The first-order valence-corrected chi connectivity index (χ1v) is 3.73. The first-order valence-electron chi connectivity index (χ1n) is 3.73. The predicted molar refractivity (Wildman–Crippen MR) is 45.9 cm³/mol. The summed E-state index contributed by atoms with van der Waals surface area (Å²) in [7, 11) is 1.57. The van der Waals surface area contributed by atoms with Crippen molar-refractivity contribution in [2.24, 2.45) is 5.73 Å². The van der Waals surface area contributed by atoms with Gasteiger partial charge in [0.15, 0.2) is 0 Å². The molecule has 0 aliphatic heterocycles. The molecule has 2 N–H and O–H groups in total. The summed E-state index contributed by atoms with van der Waals surface area (Å²) in [5.41, 5.74) is 6.25. The summed E-state index contributed by atoms with van der Waals surface area (Å²) in [4.78, 5) is 0. The van der Waals surface area contributed by atoms with Crippen molar-refractivity contribution in [3.05, 3.63) is 29.8 Å². The molecule has 0 heterocycles. The minimum absolute atomic E-state index is 0.542. The van der Waals surface area contributed by atoms with Gasteiger partial charge in [0.05, 0.1) is 13.2 Å². The van der Waals surface area contributed by atoms with E-state index in [-0.39, 0.29) is 0 Å². The quantitative estimate of drug-likeness (QED) is 0.746. The average molecular weight is 169 g/mol. The monoisotopic (exact) mass is 169 g/mol. The van der Waals surface area contributed by atoms with Gasteiger partial charge in [-0.05, 0) is 17.7 Å². The third kappa shape index (κ3) is 1.95. The van der Waals surface area contributed by atoms with Crippen molar-refractivity contribution in [2.75, 3.05) is 13.8 Å². The van der Waals surface area contributed by atoms with Gasteiger partial charge in [-0.15, -0.1) is 0 Å². The molecule has 0 aliphatic rings. The molecule has 1 atom stereocenters. The zero-order chi connectivity index (χ0) is 8.97. The van der Waals surface area contributed by atoms with Gasteiger partial charge in [0.1, 0.15) is 12.4 Å². The average Bonchev–Trinajstić information content (AvgIpc) is 2.17. The number of rotatable bonds is 3. The van der Waals surface area contributed by atoms with Crippen LogP contribution in [0, 0.1) is 0 Å². The largest absolute Gasteiger partial charge is 0.497 e. The lowest BCUT2D eigenvalue weighted by atomic mass is 10.1. The zero-order valence-corrected chi connectivity index (χ0v) is 6.96. The first kappa shape index (κ1) is 9.00. The van der Waals surface area contributed by atoms with Crippen LogP contribution in [0.25, 0.3) is 0 Å². The van der Waals surface area contributed by atoms with E-state index in [1.165, 1.54) is 0 Å². The van der Waals surface area contributed by atoms with Crippen molar-refractivity contribution in [1.82, 2.24) is 0 Å². The van der Waals surface area contributed by atoms with E-state index in [1.54, 1.807) is 31.4 Å². The second-order valence-corrected chi connectivity index (χ2v) is 2.54. The van der Waals surface area contributed by atoms with Gasteiger partial charge in [-0.25, -0.2) is 4.39 Å². The molecular formula is C9H12FNO. The highest BCUT2D eigenvalue weighted by Crippen LogP contribution is 2.17. The highest BCUT2D eigenvalue weighted by Gasteiger charge is 2.04. The fourth-order valence-electron chi connectivity index (χ4n) is 0.961. The molecule has 3 heteroatoms. The van der Waals surface area contributed by atoms with Crippen molar-refractivity contribution in [3.8, 4) is 5.75 Å². The van der Waals surface area contributed by atoms with Crippen LogP contribution in [0.4, 0.5) is 4.39 Å². The minimum Gasteiger partial charge on any atom is -0.497 e. The van der Waals surface area contributed by atoms with Gasteiger partial charge in [0.2, 0.25) is 0 Å². The summed E-state index contributed by atoms with van der Waals surface area (Å²) in [5.74, 6) is 0.705. The van der Waals surface area contributed by atoms with Crippen molar-refractivity contribution < 1.29 is 9.13 Å². The predicted octanol–water partition coefficient (Wildman–Crippen LogP) is 1.66. The maximum absolute atomic E-state index is 12.1. The van der Waals surface area contributed by atoms with Crippen LogP contribution in [-0.2, 0) is 0 Å². The van der Waals surface area contributed by atoms with E-state index < -0.39 is 12.7 Å². The molecule has 0 radical (unpaired) electrons. The molecule has 66 valence electrons. The summed E-state index contributed by atoms with van der Waals surface area (Å²) >= 11 is 0. The number of nitrogens with two attached hydrogens (primary N) is 1. The molecule has 0 amide bonds. The van der Waals surface area contributed by atoms with E-state index >= 15 is 0 Å². The molecule has 2 nitrogen and oxygen atoms in total. The molecule has 0 saturated carbocycles. The number of methoxy groups -OCH3 is 1. The van der Waals surface area contributed by atoms with Crippen molar-refractivity contribution >= 4 is 0 Å². The summed E-state index contributed by atoms with van der Waals surface area (Å²) in [6, 6.07) is 6.58. The van der Waals surface area contributed by atoms with E-state index in [0.717, 1.165) is 5.56 Å². The maximum atomic E-state index is 12.1. The van der Waals surface area contributed by atoms with E-state index in [0.29, 0.717) is 5.75 Å². The highest BCUT2D eigenvalue weighted by atomic mass is 19.1. The molecule has 0 bridgehead atoms. The number of benzene rings is 1. The van der Waals surface area contributed by atoms with Crippen molar-refractivity contribution in [2.45, 2.75) is 6.04 Å². The minimum atomic E-state index is -0.548. The number of alkyl halides is 1. The standard InChI is InChI=1S/C9H12FNO/c1-12-8-4-2-3-7(5-8)9(11)6-10/h2-5,9H,6,11H2,1H3/t9-/m1/s1. The summed E-state index contributed by atoms with van der Waals surface area (Å²) in [5, 5.41) is 0. The number of hydrogen-bond donors (Lipinski definition) is 1. The number of hydrogen-bond acceptors (Lipinski definition) is 2. The van der Waals surface area contributed by atoms with Gasteiger partial charge in [0, 0.05) is 0 Å². The molecule has 0 spiro atoms. The fraction of sp³-hybridized carbons (Fsp3) is 0.333. The van der Waals surface area contributed by atoms with Crippen LogP contribution in [-0.4, -0.2) is 13.8 Å². The Morgan fingerprint density at radius 2 is 2.33 bits per heavy atom. The van der Waals surface area contributed by atoms with Crippen LogP contribution in [0.3, 0.4) is 0 Å². The number of ether oxygens (including phenoxy) is 1. The topological polar surface area (TPSA) is 35.2 Å². The zero-order valence-electron chi connectivity index (χ0n) is 6.96. The SMILES string of the molecule is COc1cccc([C@H](N)CF)c1. The highest BCUT2D eigenvalue weighted by molar-refractivity contribution is 5.30. The van der Waals surface area contributed by atoms with Gasteiger partial charge in [0.25, 0.3) is 0 Å². The molecule has 0 fully saturated rings. The smallest absolute Gasteiger partial charge is 0.119 e. The first-order chi connectivity index (χ1) is 5.77. The lowest BCUT2D eigenvalue weighted by molar-refractivity contribution is 0.410. The van der Waals surface area contributed by atoms with Crippen molar-refractivity contribution in [1.29, 1.82) is 0 Å². The van der Waals surface area contributed by atoms with Gasteiger partial charge in [-0.1, -0.05) is 12.1 Å². The molecule has 0 saturated heterocycles. The summed E-state index contributed by atoms with van der Waals surface area (Å²) < 4.78 is 17.1. The Morgan fingerprint density at radius 1 is 1.58 bits per heavy atom. The van der Waals surface area contributed by atoms with Gasteiger partial charge in [-0.3, -0.25) is 0 Å². The molecule has 12 heavy (non-hydrogen) atoms. The van der Waals surface area contributed by atoms with Crippen LogP contribution in [0.1, 0.15) is 11.6 Å². The number of halogens is 1. The van der Waals surface area contributed by atoms with Crippen LogP contribution >= 0.6 is 0 Å². The van der Waals surface area contributed by atoms with Crippen molar-refractivity contribution in [3.63, 3.8) is 0 Å². The van der Waals surface area contributed by atoms with Gasteiger partial charge >= 0.3 is 0 Å². The Labute approximate surface area is 71.1 Å². The molecule has 0 aromatic heterocycles. The molecule has 1 aromatic carbocycles. The van der Waals surface area contributed by atoms with E-state index in [4.69, 9.17) is 10.5 Å². The van der Waals surface area contributed by atoms with Gasteiger partial charge in [-0.2, -0.15) is 0 Å². The van der Waals surface area contributed by atoms with Gasteiger partial charge < -0.3 is 10.5 Å². The van der Waals surface area contributed by atoms with E-state index in [1.807, 2.05) is 0 Å². The Bertz CT molecular complexity index is 252. The Balaban J connectivity index is 2.86. The fourth-order valence-corrected chi connectivity index (χ4v) is 0.961. The van der Waals surface area contributed by atoms with Crippen LogP contribution in [0.5, 0.6) is 5.75 Å². The lowest BCUT2D eigenvalue weighted by Gasteiger charge is -2.08. The van der Waals surface area contributed by atoms with Crippen LogP contribution in [0.2, 0.25) is 0 Å². The van der Waals surface area contributed by atoms with Crippen LogP contribution in [0.15, 0.2) is 24.3 Å². The second kappa shape index (κ2) is 4.07.